The molecular formula is C16H18N4O3. The van der Waals surface area contributed by atoms with E-state index < -0.39 is 6.10 Å². The molecule has 120 valence electrons. The molecule has 1 aromatic heterocycles. The fraction of sp³-hybridized carbons (Fsp3) is 0.312. The molecule has 2 heterocycles. The number of benzene rings is 1. The molecule has 0 radical (unpaired) electrons. The summed E-state index contributed by atoms with van der Waals surface area (Å²) in [4.78, 5) is 24.3. The van der Waals surface area contributed by atoms with Crippen LogP contribution in [0.15, 0.2) is 24.3 Å². The number of carbonyl (C=O) groups is 2. The SMILES string of the molecule is Cc1nn(C)c(C)c1NC(=O)CC1Oc2ccccc2NC1=O. The van der Waals surface area contributed by atoms with Crippen LogP contribution in [0.5, 0.6) is 5.75 Å². The Morgan fingerprint density at radius 3 is 2.83 bits per heavy atom. The monoisotopic (exact) mass is 314 g/mol. The van der Waals surface area contributed by atoms with Gasteiger partial charge < -0.3 is 15.4 Å². The molecule has 7 nitrogen and oxygen atoms in total. The lowest BCUT2D eigenvalue weighted by molar-refractivity contribution is -0.128. The summed E-state index contributed by atoms with van der Waals surface area (Å²) in [6, 6.07) is 7.14. The summed E-state index contributed by atoms with van der Waals surface area (Å²) in [5.74, 6) is -0.0409. The average molecular weight is 314 g/mol. The van der Waals surface area contributed by atoms with E-state index in [1.807, 2.05) is 33.0 Å². The van der Waals surface area contributed by atoms with Gasteiger partial charge in [-0.25, -0.2) is 0 Å². The summed E-state index contributed by atoms with van der Waals surface area (Å²) in [7, 11) is 1.81. The van der Waals surface area contributed by atoms with Crippen molar-refractivity contribution in [1.29, 1.82) is 0 Å². The second kappa shape index (κ2) is 5.75. The lowest BCUT2D eigenvalue weighted by Gasteiger charge is -2.25. The highest BCUT2D eigenvalue weighted by molar-refractivity contribution is 6.02. The number of hydrogen-bond donors (Lipinski definition) is 2. The number of amides is 2. The van der Waals surface area contributed by atoms with Crippen LogP contribution in [-0.4, -0.2) is 27.7 Å². The molecule has 0 saturated carbocycles. The predicted octanol–water partition coefficient (Wildman–Crippen LogP) is 1.77. The number of para-hydroxylation sites is 2. The smallest absolute Gasteiger partial charge is 0.266 e. The fourth-order valence-electron chi connectivity index (χ4n) is 2.54. The van der Waals surface area contributed by atoms with Crippen LogP contribution in [0.4, 0.5) is 11.4 Å². The van der Waals surface area contributed by atoms with Crippen LogP contribution in [0, 0.1) is 13.8 Å². The quantitative estimate of drug-likeness (QED) is 0.904. The predicted molar refractivity (Wildman–Crippen MR) is 85.4 cm³/mol. The summed E-state index contributed by atoms with van der Waals surface area (Å²) in [5.41, 5.74) is 2.88. The Morgan fingerprint density at radius 1 is 1.39 bits per heavy atom. The molecule has 1 aromatic carbocycles. The summed E-state index contributed by atoms with van der Waals surface area (Å²) < 4.78 is 7.32. The first-order valence-electron chi connectivity index (χ1n) is 7.32. The molecule has 2 N–H and O–H groups in total. The number of aromatic nitrogens is 2. The molecule has 0 aliphatic carbocycles. The van der Waals surface area contributed by atoms with E-state index in [9.17, 15) is 9.59 Å². The van der Waals surface area contributed by atoms with Crippen molar-refractivity contribution in [3.63, 3.8) is 0 Å². The van der Waals surface area contributed by atoms with E-state index in [2.05, 4.69) is 15.7 Å². The van der Waals surface area contributed by atoms with Crippen LogP contribution in [-0.2, 0) is 16.6 Å². The molecule has 1 aliphatic rings. The van der Waals surface area contributed by atoms with Gasteiger partial charge in [0.2, 0.25) is 5.91 Å². The minimum absolute atomic E-state index is 0.0616. The largest absolute Gasteiger partial charge is 0.478 e. The third kappa shape index (κ3) is 2.90. The molecule has 2 amide bonds. The number of nitrogens with one attached hydrogen (secondary N) is 2. The van der Waals surface area contributed by atoms with E-state index in [0.717, 1.165) is 11.4 Å². The van der Waals surface area contributed by atoms with Gasteiger partial charge in [-0.3, -0.25) is 14.3 Å². The summed E-state index contributed by atoms with van der Waals surface area (Å²) in [6.45, 7) is 3.69. The maximum Gasteiger partial charge on any atom is 0.266 e. The molecule has 0 fully saturated rings. The first-order valence-corrected chi connectivity index (χ1v) is 7.32. The zero-order chi connectivity index (χ0) is 16.6. The Morgan fingerprint density at radius 2 is 2.13 bits per heavy atom. The number of anilines is 2. The number of carbonyl (C=O) groups excluding carboxylic acids is 2. The summed E-state index contributed by atoms with van der Waals surface area (Å²) in [5, 5.41) is 9.80. The van der Waals surface area contributed by atoms with Crippen molar-refractivity contribution in [2.75, 3.05) is 10.6 Å². The van der Waals surface area contributed by atoms with Gasteiger partial charge in [0, 0.05) is 7.05 Å². The van der Waals surface area contributed by atoms with Crippen LogP contribution in [0.2, 0.25) is 0 Å². The van der Waals surface area contributed by atoms with Crippen molar-refractivity contribution in [2.45, 2.75) is 26.4 Å². The van der Waals surface area contributed by atoms with Crippen molar-refractivity contribution < 1.29 is 14.3 Å². The second-order valence-electron chi connectivity index (χ2n) is 5.51. The molecular weight excluding hydrogens is 296 g/mol. The van der Waals surface area contributed by atoms with Gasteiger partial charge in [-0.1, -0.05) is 12.1 Å². The maximum absolute atomic E-state index is 12.2. The third-order valence-electron chi connectivity index (χ3n) is 3.85. The van der Waals surface area contributed by atoms with E-state index in [1.54, 1.807) is 16.8 Å². The average Bonchev–Trinajstić information content (AvgIpc) is 2.74. The van der Waals surface area contributed by atoms with Gasteiger partial charge in [0.25, 0.3) is 5.91 Å². The number of rotatable bonds is 3. The van der Waals surface area contributed by atoms with Gasteiger partial charge in [-0.15, -0.1) is 0 Å². The Kier molecular flexibility index (Phi) is 3.77. The highest BCUT2D eigenvalue weighted by Gasteiger charge is 2.29. The van der Waals surface area contributed by atoms with E-state index in [0.29, 0.717) is 17.1 Å². The van der Waals surface area contributed by atoms with E-state index in [4.69, 9.17) is 4.74 Å². The molecule has 0 spiro atoms. The van der Waals surface area contributed by atoms with Gasteiger partial charge in [0.1, 0.15) is 5.75 Å². The minimum Gasteiger partial charge on any atom is -0.478 e. The minimum atomic E-state index is -0.845. The Balaban J connectivity index is 1.70. The van der Waals surface area contributed by atoms with Crippen LogP contribution >= 0.6 is 0 Å². The molecule has 0 bridgehead atoms. The first-order chi connectivity index (χ1) is 11.0. The molecule has 1 unspecified atom stereocenters. The molecule has 7 heteroatoms. The third-order valence-corrected chi connectivity index (χ3v) is 3.85. The van der Waals surface area contributed by atoms with E-state index in [-0.39, 0.29) is 18.2 Å². The topological polar surface area (TPSA) is 85.2 Å². The fourth-order valence-corrected chi connectivity index (χ4v) is 2.54. The highest BCUT2D eigenvalue weighted by atomic mass is 16.5. The lowest BCUT2D eigenvalue weighted by atomic mass is 10.1. The summed E-state index contributed by atoms with van der Waals surface area (Å²) in [6.07, 6.45) is -0.907. The number of nitrogens with zero attached hydrogens (tertiary/aromatic N) is 2. The van der Waals surface area contributed by atoms with Crippen LogP contribution in [0.25, 0.3) is 0 Å². The van der Waals surface area contributed by atoms with Crippen molar-refractivity contribution in [2.24, 2.45) is 7.05 Å². The van der Waals surface area contributed by atoms with Crippen molar-refractivity contribution in [3.8, 4) is 5.75 Å². The van der Waals surface area contributed by atoms with Gasteiger partial charge in [-0.05, 0) is 26.0 Å². The molecule has 3 rings (SSSR count). The van der Waals surface area contributed by atoms with Crippen molar-refractivity contribution in [3.05, 3.63) is 35.7 Å². The maximum atomic E-state index is 12.2. The Hall–Kier alpha value is -2.83. The van der Waals surface area contributed by atoms with Crippen LogP contribution in [0.1, 0.15) is 17.8 Å². The van der Waals surface area contributed by atoms with Gasteiger partial charge >= 0.3 is 0 Å². The molecule has 23 heavy (non-hydrogen) atoms. The lowest BCUT2D eigenvalue weighted by Crippen LogP contribution is -2.39. The normalized spacial score (nSPS) is 16.3. The van der Waals surface area contributed by atoms with Crippen LogP contribution in [0.3, 0.4) is 0 Å². The number of fused-ring (bicyclic) bond motifs is 1. The Labute approximate surface area is 133 Å². The second-order valence-corrected chi connectivity index (χ2v) is 5.51. The number of aryl methyl sites for hydroxylation is 2. The number of ether oxygens (including phenoxy) is 1. The van der Waals surface area contributed by atoms with Crippen molar-refractivity contribution >= 4 is 23.2 Å². The van der Waals surface area contributed by atoms with E-state index >= 15 is 0 Å². The van der Waals surface area contributed by atoms with Gasteiger partial charge in [0.05, 0.1) is 29.2 Å². The van der Waals surface area contributed by atoms with Gasteiger partial charge in [-0.2, -0.15) is 5.10 Å². The standard InChI is InChI=1S/C16H18N4O3/c1-9-15(10(2)20(3)19-9)18-14(21)8-13-16(22)17-11-6-4-5-7-12(11)23-13/h4-7,13H,8H2,1-3H3,(H,17,22)(H,18,21). The highest BCUT2D eigenvalue weighted by Crippen LogP contribution is 2.29. The zero-order valence-electron chi connectivity index (χ0n) is 13.2. The van der Waals surface area contributed by atoms with Gasteiger partial charge in [0.15, 0.2) is 6.10 Å². The van der Waals surface area contributed by atoms with Crippen molar-refractivity contribution in [1.82, 2.24) is 9.78 Å². The zero-order valence-corrected chi connectivity index (χ0v) is 13.2. The molecule has 0 saturated heterocycles. The van der Waals surface area contributed by atoms with Crippen LogP contribution < -0.4 is 15.4 Å². The molecule has 2 aromatic rings. The Bertz CT molecular complexity index is 782. The first kappa shape index (κ1) is 15.1. The summed E-state index contributed by atoms with van der Waals surface area (Å²) >= 11 is 0. The van der Waals surface area contributed by atoms with E-state index in [1.165, 1.54) is 0 Å². The number of hydrogen-bond acceptors (Lipinski definition) is 4. The molecule has 1 atom stereocenters. The molecule has 1 aliphatic heterocycles.